The van der Waals surface area contributed by atoms with Gasteiger partial charge >= 0.3 is 17.9 Å². The molecule has 1 aliphatic rings. The summed E-state index contributed by atoms with van der Waals surface area (Å²) in [7, 11) is 0. The minimum Gasteiger partial charge on any atom is -0.466 e. The molecule has 6 nitrogen and oxygen atoms in total. The molecule has 1 rings (SSSR count). The SMILES string of the molecule is CCOC(=O)C1=CC[C@@H](C(=O)OCC)[C@H]1C(=O)OCC. The lowest BCUT2D eigenvalue weighted by Crippen LogP contribution is -2.33. The van der Waals surface area contributed by atoms with Gasteiger partial charge in [0.15, 0.2) is 0 Å². The predicted octanol–water partition coefficient (Wildman–Crippen LogP) is 1.24. The highest BCUT2D eigenvalue weighted by Crippen LogP contribution is 2.34. The van der Waals surface area contributed by atoms with Gasteiger partial charge in [-0.2, -0.15) is 0 Å². The smallest absolute Gasteiger partial charge is 0.334 e. The highest BCUT2D eigenvalue weighted by molar-refractivity contribution is 5.99. The summed E-state index contributed by atoms with van der Waals surface area (Å²) in [6, 6.07) is 0. The fraction of sp³-hybridized carbons (Fsp3) is 0.643. The third-order valence-corrected chi connectivity index (χ3v) is 2.97. The van der Waals surface area contributed by atoms with Crippen LogP contribution in [0.3, 0.4) is 0 Å². The lowest BCUT2D eigenvalue weighted by Gasteiger charge is -2.19. The maximum Gasteiger partial charge on any atom is 0.334 e. The fourth-order valence-corrected chi connectivity index (χ4v) is 2.16. The molecule has 0 N–H and O–H groups in total. The number of carbonyl (C=O) groups is 3. The van der Waals surface area contributed by atoms with Crippen LogP contribution in [0.2, 0.25) is 0 Å². The number of allylic oxidation sites excluding steroid dienone is 1. The minimum absolute atomic E-state index is 0.182. The van der Waals surface area contributed by atoms with E-state index in [0.717, 1.165) is 0 Å². The molecular weight excluding hydrogens is 264 g/mol. The first-order chi connectivity index (χ1) is 9.56. The number of rotatable bonds is 6. The van der Waals surface area contributed by atoms with E-state index in [1.54, 1.807) is 26.8 Å². The largest absolute Gasteiger partial charge is 0.466 e. The number of hydrogen-bond acceptors (Lipinski definition) is 6. The van der Waals surface area contributed by atoms with Gasteiger partial charge in [-0.1, -0.05) is 6.08 Å². The quantitative estimate of drug-likeness (QED) is 0.539. The van der Waals surface area contributed by atoms with Crippen LogP contribution in [-0.4, -0.2) is 37.7 Å². The van der Waals surface area contributed by atoms with E-state index in [2.05, 4.69) is 0 Å². The van der Waals surface area contributed by atoms with Crippen LogP contribution in [0.15, 0.2) is 11.6 Å². The Labute approximate surface area is 118 Å². The molecular formula is C14H20O6. The zero-order valence-corrected chi connectivity index (χ0v) is 12.0. The molecule has 0 amide bonds. The fourth-order valence-electron chi connectivity index (χ4n) is 2.16. The van der Waals surface area contributed by atoms with Gasteiger partial charge in [0.2, 0.25) is 0 Å². The van der Waals surface area contributed by atoms with Gasteiger partial charge in [0, 0.05) is 5.57 Å². The number of esters is 3. The first-order valence-corrected chi connectivity index (χ1v) is 6.77. The van der Waals surface area contributed by atoms with Gasteiger partial charge in [0.25, 0.3) is 0 Å². The van der Waals surface area contributed by atoms with Crippen molar-refractivity contribution >= 4 is 17.9 Å². The van der Waals surface area contributed by atoms with Crippen LogP contribution in [-0.2, 0) is 28.6 Å². The van der Waals surface area contributed by atoms with Gasteiger partial charge in [-0.25, -0.2) is 4.79 Å². The summed E-state index contributed by atoms with van der Waals surface area (Å²) in [6.45, 7) is 5.64. The van der Waals surface area contributed by atoms with Gasteiger partial charge in [-0.15, -0.1) is 0 Å². The molecule has 20 heavy (non-hydrogen) atoms. The topological polar surface area (TPSA) is 78.9 Å². The van der Waals surface area contributed by atoms with Crippen LogP contribution in [0, 0.1) is 11.8 Å². The van der Waals surface area contributed by atoms with E-state index < -0.39 is 29.7 Å². The summed E-state index contributed by atoms with van der Waals surface area (Å²) in [5.41, 5.74) is 0.184. The Bertz CT molecular complexity index is 412. The molecule has 1 aliphatic carbocycles. The van der Waals surface area contributed by atoms with Gasteiger partial charge in [-0.05, 0) is 27.2 Å². The summed E-state index contributed by atoms with van der Waals surface area (Å²) in [6.07, 6.45) is 1.83. The molecule has 0 bridgehead atoms. The van der Waals surface area contributed by atoms with Crippen LogP contribution in [0.4, 0.5) is 0 Å². The van der Waals surface area contributed by atoms with Crippen molar-refractivity contribution in [1.82, 2.24) is 0 Å². The maximum atomic E-state index is 12.0. The molecule has 0 spiro atoms. The lowest BCUT2D eigenvalue weighted by molar-refractivity contribution is -0.159. The average Bonchev–Trinajstić information content (AvgIpc) is 2.84. The predicted molar refractivity (Wildman–Crippen MR) is 69.6 cm³/mol. The van der Waals surface area contributed by atoms with Crippen LogP contribution < -0.4 is 0 Å². The summed E-state index contributed by atoms with van der Waals surface area (Å²) >= 11 is 0. The molecule has 0 heterocycles. The van der Waals surface area contributed by atoms with E-state index in [1.807, 2.05) is 0 Å². The Morgan fingerprint density at radius 1 is 1.00 bits per heavy atom. The average molecular weight is 284 g/mol. The zero-order valence-electron chi connectivity index (χ0n) is 12.0. The molecule has 0 aliphatic heterocycles. The highest BCUT2D eigenvalue weighted by atomic mass is 16.5. The second-order valence-corrected chi connectivity index (χ2v) is 4.20. The summed E-state index contributed by atoms with van der Waals surface area (Å²) in [5.74, 6) is -3.33. The van der Waals surface area contributed by atoms with Crippen molar-refractivity contribution in [2.24, 2.45) is 11.8 Å². The van der Waals surface area contributed by atoms with Crippen molar-refractivity contribution in [2.45, 2.75) is 27.2 Å². The van der Waals surface area contributed by atoms with E-state index in [0.29, 0.717) is 0 Å². The van der Waals surface area contributed by atoms with E-state index in [-0.39, 0.29) is 31.8 Å². The summed E-state index contributed by atoms with van der Waals surface area (Å²) in [5, 5.41) is 0. The van der Waals surface area contributed by atoms with Crippen molar-refractivity contribution in [3.8, 4) is 0 Å². The Hall–Kier alpha value is -1.85. The molecule has 112 valence electrons. The molecule has 0 saturated heterocycles. The minimum atomic E-state index is -0.937. The first-order valence-electron chi connectivity index (χ1n) is 6.77. The third-order valence-electron chi connectivity index (χ3n) is 2.97. The van der Waals surface area contributed by atoms with Gasteiger partial charge < -0.3 is 14.2 Å². The highest BCUT2D eigenvalue weighted by Gasteiger charge is 2.44. The molecule has 0 aromatic carbocycles. The van der Waals surface area contributed by atoms with Crippen molar-refractivity contribution < 1.29 is 28.6 Å². The van der Waals surface area contributed by atoms with Crippen molar-refractivity contribution in [3.05, 3.63) is 11.6 Å². The third kappa shape index (κ3) is 3.59. The Morgan fingerprint density at radius 3 is 2.10 bits per heavy atom. The van der Waals surface area contributed by atoms with Gasteiger partial charge in [-0.3, -0.25) is 9.59 Å². The van der Waals surface area contributed by atoms with E-state index in [9.17, 15) is 14.4 Å². The molecule has 0 fully saturated rings. The molecule has 2 atom stereocenters. The van der Waals surface area contributed by atoms with Crippen LogP contribution >= 0.6 is 0 Å². The zero-order chi connectivity index (χ0) is 15.1. The Morgan fingerprint density at radius 2 is 1.55 bits per heavy atom. The van der Waals surface area contributed by atoms with Crippen LogP contribution in [0.25, 0.3) is 0 Å². The normalized spacial score (nSPS) is 21.1. The standard InChI is InChI=1S/C14H20O6/c1-4-18-12(15)9-7-8-10(13(16)19-5-2)11(9)14(17)20-6-3/h7,10-11H,4-6,8H2,1-3H3/t10-,11+/m1/s1. The van der Waals surface area contributed by atoms with Crippen molar-refractivity contribution in [1.29, 1.82) is 0 Å². The van der Waals surface area contributed by atoms with Gasteiger partial charge in [0.05, 0.1) is 25.7 Å². The number of hydrogen-bond donors (Lipinski definition) is 0. The monoisotopic (exact) mass is 284 g/mol. The van der Waals surface area contributed by atoms with Crippen LogP contribution in [0.1, 0.15) is 27.2 Å². The van der Waals surface area contributed by atoms with E-state index >= 15 is 0 Å². The molecule has 0 aromatic rings. The Balaban J connectivity index is 2.93. The van der Waals surface area contributed by atoms with Gasteiger partial charge in [0.1, 0.15) is 5.92 Å². The molecule has 0 saturated carbocycles. The van der Waals surface area contributed by atoms with E-state index in [1.165, 1.54) is 0 Å². The second-order valence-electron chi connectivity index (χ2n) is 4.20. The second kappa shape index (κ2) is 7.67. The molecule has 0 aromatic heterocycles. The van der Waals surface area contributed by atoms with E-state index in [4.69, 9.17) is 14.2 Å². The van der Waals surface area contributed by atoms with Crippen molar-refractivity contribution in [2.75, 3.05) is 19.8 Å². The Kier molecular flexibility index (Phi) is 6.21. The molecule has 0 radical (unpaired) electrons. The maximum absolute atomic E-state index is 12.0. The summed E-state index contributed by atoms with van der Waals surface area (Å²) in [4.78, 5) is 35.7. The number of ether oxygens (including phenoxy) is 3. The van der Waals surface area contributed by atoms with Crippen LogP contribution in [0.5, 0.6) is 0 Å². The molecule has 0 unspecified atom stereocenters. The van der Waals surface area contributed by atoms with Crippen molar-refractivity contribution in [3.63, 3.8) is 0 Å². The molecule has 6 heteroatoms. The number of carbonyl (C=O) groups excluding carboxylic acids is 3. The summed E-state index contributed by atoms with van der Waals surface area (Å²) < 4.78 is 14.8. The lowest BCUT2D eigenvalue weighted by atomic mass is 9.91. The first kappa shape index (κ1) is 16.2.